The van der Waals surface area contributed by atoms with Crippen LogP contribution in [0.15, 0.2) is 17.5 Å². The lowest BCUT2D eigenvalue weighted by Crippen LogP contribution is -2.44. The molecule has 3 heterocycles. The quantitative estimate of drug-likeness (QED) is 0.869. The smallest absolute Gasteiger partial charge is 0.246 e. The molecule has 0 saturated carbocycles. The zero-order chi connectivity index (χ0) is 14.8. The number of likely N-dealkylation sites (tertiary alicyclic amines) is 1. The van der Waals surface area contributed by atoms with E-state index in [2.05, 4.69) is 29.3 Å². The molecule has 0 bridgehead atoms. The van der Waals surface area contributed by atoms with Crippen LogP contribution >= 0.6 is 11.3 Å². The maximum absolute atomic E-state index is 12.4. The summed E-state index contributed by atoms with van der Waals surface area (Å²) in [5, 5.41) is 14.2. The van der Waals surface area contributed by atoms with Crippen molar-refractivity contribution in [2.45, 2.75) is 26.8 Å². The Morgan fingerprint density at radius 2 is 2.14 bits per heavy atom. The van der Waals surface area contributed by atoms with Gasteiger partial charge in [-0.05, 0) is 34.9 Å². The SMILES string of the molecule is C[C@@H]1C[C@@H](C)CN(C(=O)Cn2nnc(-c3cccs3)n2)C1. The molecular weight excluding hydrogens is 286 g/mol. The number of hydrogen-bond acceptors (Lipinski definition) is 5. The van der Waals surface area contributed by atoms with Crippen molar-refractivity contribution in [1.29, 1.82) is 0 Å². The van der Waals surface area contributed by atoms with Crippen LogP contribution in [0.25, 0.3) is 10.7 Å². The van der Waals surface area contributed by atoms with Crippen LogP contribution in [0, 0.1) is 11.8 Å². The van der Waals surface area contributed by atoms with E-state index in [1.807, 2.05) is 22.4 Å². The van der Waals surface area contributed by atoms with Gasteiger partial charge in [-0.2, -0.15) is 4.80 Å². The van der Waals surface area contributed by atoms with Gasteiger partial charge in [-0.3, -0.25) is 4.79 Å². The van der Waals surface area contributed by atoms with E-state index >= 15 is 0 Å². The van der Waals surface area contributed by atoms with Crippen molar-refractivity contribution < 1.29 is 4.79 Å². The molecule has 2 atom stereocenters. The second-order valence-electron chi connectivity index (χ2n) is 5.87. The number of rotatable bonds is 3. The minimum atomic E-state index is 0.0727. The minimum absolute atomic E-state index is 0.0727. The molecule has 1 fully saturated rings. The average Bonchev–Trinajstić information content (AvgIpc) is 3.07. The van der Waals surface area contributed by atoms with Gasteiger partial charge in [0.1, 0.15) is 6.54 Å². The topological polar surface area (TPSA) is 63.9 Å². The van der Waals surface area contributed by atoms with E-state index in [9.17, 15) is 4.79 Å². The number of thiophene rings is 1. The van der Waals surface area contributed by atoms with Gasteiger partial charge in [-0.25, -0.2) is 0 Å². The van der Waals surface area contributed by atoms with E-state index in [-0.39, 0.29) is 12.5 Å². The van der Waals surface area contributed by atoms with Gasteiger partial charge in [0.2, 0.25) is 11.7 Å². The number of nitrogens with zero attached hydrogens (tertiary/aromatic N) is 5. The molecule has 6 nitrogen and oxygen atoms in total. The molecule has 0 aliphatic carbocycles. The molecule has 1 aliphatic heterocycles. The third kappa shape index (κ3) is 3.29. The van der Waals surface area contributed by atoms with E-state index < -0.39 is 0 Å². The molecule has 1 saturated heterocycles. The van der Waals surface area contributed by atoms with Gasteiger partial charge in [-0.15, -0.1) is 21.5 Å². The largest absolute Gasteiger partial charge is 0.340 e. The summed E-state index contributed by atoms with van der Waals surface area (Å²) in [6.45, 7) is 6.21. The highest BCUT2D eigenvalue weighted by molar-refractivity contribution is 7.13. The number of carbonyl (C=O) groups is 1. The van der Waals surface area contributed by atoms with Crippen molar-refractivity contribution in [3.8, 4) is 10.7 Å². The van der Waals surface area contributed by atoms with Crippen LogP contribution in [-0.4, -0.2) is 44.1 Å². The summed E-state index contributed by atoms with van der Waals surface area (Å²) in [7, 11) is 0. The Labute approximate surface area is 127 Å². The Kier molecular flexibility index (Phi) is 4.01. The van der Waals surface area contributed by atoms with Crippen LogP contribution in [0.2, 0.25) is 0 Å². The predicted octanol–water partition coefficient (Wildman–Crippen LogP) is 1.91. The van der Waals surface area contributed by atoms with Gasteiger partial charge in [0.25, 0.3) is 0 Å². The number of aromatic nitrogens is 4. The Balaban J connectivity index is 1.65. The average molecular weight is 305 g/mol. The second kappa shape index (κ2) is 5.93. The summed E-state index contributed by atoms with van der Waals surface area (Å²) >= 11 is 1.56. The molecule has 0 N–H and O–H groups in total. The molecule has 1 amide bonds. The van der Waals surface area contributed by atoms with Crippen LogP contribution in [0.5, 0.6) is 0 Å². The van der Waals surface area contributed by atoms with Crippen LogP contribution in [0.1, 0.15) is 20.3 Å². The molecule has 1 aliphatic rings. The zero-order valence-electron chi connectivity index (χ0n) is 12.3. The number of tetrazole rings is 1. The van der Waals surface area contributed by atoms with E-state index in [1.165, 1.54) is 11.2 Å². The van der Waals surface area contributed by atoms with Crippen LogP contribution in [-0.2, 0) is 11.3 Å². The summed E-state index contributed by atoms with van der Waals surface area (Å²) < 4.78 is 0. The molecule has 2 aromatic heterocycles. The van der Waals surface area contributed by atoms with Gasteiger partial charge in [0, 0.05) is 13.1 Å². The second-order valence-corrected chi connectivity index (χ2v) is 6.81. The normalized spacial score (nSPS) is 22.5. The lowest BCUT2D eigenvalue weighted by molar-refractivity contribution is -0.135. The van der Waals surface area contributed by atoms with Crippen LogP contribution < -0.4 is 0 Å². The highest BCUT2D eigenvalue weighted by atomic mass is 32.1. The van der Waals surface area contributed by atoms with E-state index in [1.54, 1.807) is 11.3 Å². The van der Waals surface area contributed by atoms with E-state index in [0.717, 1.165) is 18.0 Å². The molecule has 112 valence electrons. The van der Waals surface area contributed by atoms with Gasteiger partial charge in [-0.1, -0.05) is 19.9 Å². The standard InChI is InChI=1S/C14H19N5OS/c1-10-6-11(2)8-18(7-10)13(20)9-19-16-14(15-17-19)12-4-3-5-21-12/h3-5,10-11H,6-9H2,1-2H3/t10-,11-/m1/s1. The predicted molar refractivity (Wildman–Crippen MR) is 80.7 cm³/mol. The number of amides is 1. The molecule has 3 rings (SSSR count). The lowest BCUT2D eigenvalue weighted by Gasteiger charge is -2.34. The van der Waals surface area contributed by atoms with Crippen LogP contribution in [0.3, 0.4) is 0 Å². The van der Waals surface area contributed by atoms with Crippen molar-refractivity contribution in [3.63, 3.8) is 0 Å². The highest BCUT2D eigenvalue weighted by Crippen LogP contribution is 2.21. The van der Waals surface area contributed by atoms with E-state index in [4.69, 9.17) is 0 Å². The molecule has 21 heavy (non-hydrogen) atoms. The first-order valence-corrected chi connectivity index (χ1v) is 8.09. The minimum Gasteiger partial charge on any atom is -0.340 e. The summed E-state index contributed by atoms with van der Waals surface area (Å²) in [6, 6.07) is 3.89. The molecule has 0 aromatic carbocycles. The number of hydrogen-bond donors (Lipinski definition) is 0. The monoisotopic (exact) mass is 305 g/mol. The fourth-order valence-electron chi connectivity index (χ4n) is 2.90. The molecule has 7 heteroatoms. The highest BCUT2D eigenvalue weighted by Gasteiger charge is 2.25. The summed E-state index contributed by atoms with van der Waals surface area (Å²) in [5.74, 6) is 1.77. The van der Waals surface area contributed by atoms with Gasteiger partial charge in [0.05, 0.1) is 4.88 Å². The zero-order valence-corrected chi connectivity index (χ0v) is 13.1. The fourth-order valence-corrected chi connectivity index (χ4v) is 3.55. The summed E-state index contributed by atoms with van der Waals surface area (Å²) in [4.78, 5) is 16.6. The number of carbonyl (C=O) groups excluding carboxylic acids is 1. The lowest BCUT2D eigenvalue weighted by atomic mass is 9.92. The Morgan fingerprint density at radius 3 is 2.81 bits per heavy atom. The van der Waals surface area contributed by atoms with Gasteiger partial charge < -0.3 is 4.90 Å². The van der Waals surface area contributed by atoms with Gasteiger partial charge in [0.15, 0.2) is 0 Å². The Bertz CT molecular complexity index is 599. The van der Waals surface area contributed by atoms with E-state index in [0.29, 0.717) is 17.7 Å². The maximum atomic E-state index is 12.4. The molecule has 0 radical (unpaired) electrons. The third-order valence-corrected chi connectivity index (χ3v) is 4.56. The van der Waals surface area contributed by atoms with Crippen molar-refractivity contribution in [1.82, 2.24) is 25.1 Å². The maximum Gasteiger partial charge on any atom is 0.246 e. The molecule has 0 unspecified atom stereocenters. The molecular formula is C14H19N5OS. The van der Waals surface area contributed by atoms with Crippen molar-refractivity contribution in [3.05, 3.63) is 17.5 Å². The third-order valence-electron chi connectivity index (χ3n) is 3.69. The van der Waals surface area contributed by atoms with Crippen molar-refractivity contribution >= 4 is 17.2 Å². The first kappa shape index (κ1) is 14.2. The Morgan fingerprint density at radius 1 is 1.38 bits per heavy atom. The Hall–Kier alpha value is -1.76. The molecule has 0 spiro atoms. The summed E-state index contributed by atoms with van der Waals surface area (Å²) in [6.07, 6.45) is 1.19. The fraction of sp³-hybridized carbons (Fsp3) is 0.571. The van der Waals surface area contributed by atoms with Gasteiger partial charge >= 0.3 is 0 Å². The molecule has 2 aromatic rings. The van der Waals surface area contributed by atoms with Crippen molar-refractivity contribution in [2.75, 3.05) is 13.1 Å². The van der Waals surface area contributed by atoms with Crippen LogP contribution in [0.4, 0.5) is 0 Å². The first-order valence-electron chi connectivity index (χ1n) is 7.21. The first-order chi connectivity index (χ1) is 10.1. The number of piperidine rings is 1. The van der Waals surface area contributed by atoms with Crippen molar-refractivity contribution in [2.24, 2.45) is 11.8 Å². The summed E-state index contributed by atoms with van der Waals surface area (Å²) in [5.41, 5.74) is 0.